The Bertz CT molecular complexity index is 431. The molecule has 1 aromatic rings. The average molecular weight is 292 g/mol. The molecule has 1 rings (SSSR count). The van der Waals surface area contributed by atoms with E-state index in [2.05, 4.69) is 45.1 Å². The Morgan fingerprint density at radius 2 is 1.85 bits per heavy atom. The predicted molar refractivity (Wildman–Crippen MR) is 90.3 cm³/mol. The third kappa shape index (κ3) is 6.04. The summed E-state index contributed by atoms with van der Waals surface area (Å²) in [4.78, 5) is 0.973. The first-order valence-corrected chi connectivity index (χ1v) is 9.18. The van der Waals surface area contributed by atoms with Crippen LogP contribution in [-0.4, -0.2) is 9.96 Å². The molecule has 0 aliphatic carbocycles. The second kappa shape index (κ2) is 9.93. The molecule has 0 aliphatic heterocycles. The van der Waals surface area contributed by atoms with Gasteiger partial charge in [-0.2, -0.15) is 0 Å². The Balaban J connectivity index is 2.72. The van der Waals surface area contributed by atoms with Gasteiger partial charge in [-0.25, -0.2) is 0 Å². The molecule has 0 N–H and O–H groups in total. The number of allylic oxidation sites excluding steroid dienone is 1. The molecular formula is C18H28OS. The van der Waals surface area contributed by atoms with Crippen LogP contribution in [0.1, 0.15) is 58.4 Å². The van der Waals surface area contributed by atoms with Crippen LogP contribution in [0.5, 0.6) is 0 Å². The van der Waals surface area contributed by atoms with Crippen LogP contribution in [0, 0.1) is 5.92 Å². The van der Waals surface area contributed by atoms with Gasteiger partial charge in [-0.05, 0) is 42.9 Å². The lowest BCUT2D eigenvalue weighted by Crippen LogP contribution is -2.11. The molecule has 1 aromatic carbocycles. The van der Waals surface area contributed by atoms with E-state index in [0.29, 0.717) is 5.92 Å². The average Bonchev–Trinajstić information content (AvgIpc) is 2.46. The van der Waals surface area contributed by atoms with E-state index in [1.165, 1.54) is 25.7 Å². The maximum Gasteiger partial charge on any atom is 0.0532 e. The minimum absolute atomic E-state index is 0.598. The summed E-state index contributed by atoms with van der Waals surface area (Å²) in [6.07, 6.45) is 10.0. The van der Waals surface area contributed by atoms with Gasteiger partial charge >= 0.3 is 0 Å². The van der Waals surface area contributed by atoms with Gasteiger partial charge in [0.2, 0.25) is 0 Å². The largest absolute Gasteiger partial charge is 0.254 e. The third-order valence-corrected chi connectivity index (χ3v) is 5.00. The van der Waals surface area contributed by atoms with Crippen LogP contribution in [0.25, 0.3) is 6.08 Å². The fourth-order valence-electron chi connectivity index (χ4n) is 2.45. The summed E-state index contributed by atoms with van der Waals surface area (Å²) in [6.45, 7) is 6.54. The highest BCUT2D eigenvalue weighted by Gasteiger charge is 2.13. The van der Waals surface area contributed by atoms with E-state index in [4.69, 9.17) is 0 Å². The standard InChI is InChI=1S/C18H28OS/c1-4-7-11-16-12-8-13-18(14-16)20(19)15-17(9-5-2)10-6-3/h7-8,11-14,17H,4-6,9-10,15H2,1-3H3. The number of rotatable bonds is 9. The Hall–Kier alpha value is -0.890. The van der Waals surface area contributed by atoms with Gasteiger partial charge < -0.3 is 0 Å². The molecule has 0 saturated carbocycles. The van der Waals surface area contributed by atoms with Gasteiger partial charge in [-0.3, -0.25) is 4.21 Å². The smallest absolute Gasteiger partial charge is 0.0532 e. The first-order valence-electron chi connectivity index (χ1n) is 7.86. The van der Waals surface area contributed by atoms with Crippen LogP contribution in [0.2, 0.25) is 0 Å². The minimum Gasteiger partial charge on any atom is -0.254 e. The molecule has 1 nitrogen and oxygen atoms in total. The monoisotopic (exact) mass is 292 g/mol. The molecule has 0 heterocycles. The quantitative estimate of drug-likeness (QED) is 0.593. The van der Waals surface area contributed by atoms with Gasteiger partial charge in [-0.1, -0.05) is 57.9 Å². The molecule has 0 bridgehead atoms. The Morgan fingerprint density at radius 3 is 2.45 bits per heavy atom. The van der Waals surface area contributed by atoms with E-state index < -0.39 is 10.8 Å². The SMILES string of the molecule is CCC=Cc1cccc(S(=O)CC(CCC)CCC)c1. The molecule has 0 spiro atoms. The molecule has 0 saturated heterocycles. The summed E-state index contributed by atoms with van der Waals surface area (Å²) in [6, 6.07) is 8.14. The summed E-state index contributed by atoms with van der Waals surface area (Å²) >= 11 is 0. The Labute approximate surface area is 126 Å². The number of hydrogen-bond donors (Lipinski definition) is 0. The van der Waals surface area contributed by atoms with Crippen molar-refractivity contribution in [2.75, 3.05) is 5.75 Å². The van der Waals surface area contributed by atoms with Gasteiger partial charge in [0.25, 0.3) is 0 Å². The molecule has 1 atom stereocenters. The van der Waals surface area contributed by atoms with E-state index in [1.807, 2.05) is 12.1 Å². The van der Waals surface area contributed by atoms with E-state index >= 15 is 0 Å². The summed E-state index contributed by atoms with van der Waals surface area (Å²) < 4.78 is 12.5. The summed E-state index contributed by atoms with van der Waals surface area (Å²) in [5, 5.41) is 0. The van der Waals surface area contributed by atoms with Crippen molar-refractivity contribution in [3.8, 4) is 0 Å². The van der Waals surface area contributed by atoms with Crippen molar-refractivity contribution < 1.29 is 4.21 Å². The van der Waals surface area contributed by atoms with Crippen LogP contribution >= 0.6 is 0 Å². The second-order valence-corrected chi connectivity index (χ2v) is 6.83. The zero-order chi connectivity index (χ0) is 14.8. The van der Waals surface area contributed by atoms with Gasteiger partial charge in [-0.15, -0.1) is 0 Å². The minimum atomic E-state index is -0.866. The van der Waals surface area contributed by atoms with Crippen LogP contribution in [0.4, 0.5) is 0 Å². The molecule has 0 aliphatic rings. The fraction of sp³-hybridized carbons (Fsp3) is 0.556. The maximum absolute atomic E-state index is 12.5. The molecule has 20 heavy (non-hydrogen) atoms. The van der Waals surface area contributed by atoms with Crippen molar-refractivity contribution in [1.82, 2.24) is 0 Å². The van der Waals surface area contributed by atoms with Gasteiger partial charge in [0.15, 0.2) is 0 Å². The lowest BCUT2D eigenvalue weighted by Gasteiger charge is -2.14. The highest BCUT2D eigenvalue weighted by molar-refractivity contribution is 7.85. The van der Waals surface area contributed by atoms with Crippen molar-refractivity contribution in [1.29, 1.82) is 0 Å². The normalized spacial score (nSPS) is 13.2. The highest BCUT2D eigenvalue weighted by Crippen LogP contribution is 2.19. The molecular weight excluding hydrogens is 264 g/mol. The van der Waals surface area contributed by atoms with Crippen molar-refractivity contribution in [2.24, 2.45) is 5.92 Å². The van der Waals surface area contributed by atoms with E-state index in [1.54, 1.807) is 0 Å². The summed E-state index contributed by atoms with van der Waals surface area (Å²) in [5.74, 6) is 1.41. The van der Waals surface area contributed by atoms with Crippen LogP contribution < -0.4 is 0 Å². The predicted octanol–water partition coefficient (Wildman–Crippen LogP) is 5.43. The Kier molecular flexibility index (Phi) is 8.52. The molecule has 0 amide bonds. The lowest BCUT2D eigenvalue weighted by molar-refractivity contribution is 0.483. The van der Waals surface area contributed by atoms with E-state index in [9.17, 15) is 4.21 Å². The first kappa shape index (κ1) is 17.2. The number of hydrogen-bond acceptors (Lipinski definition) is 1. The van der Waals surface area contributed by atoms with Crippen molar-refractivity contribution in [3.63, 3.8) is 0 Å². The molecule has 112 valence electrons. The van der Waals surface area contributed by atoms with Gasteiger partial charge in [0.1, 0.15) is 0 Å². The molecule has 0 radical (unpaired) electrons. The van der Waals surface area contributed by atoms with E-state index in [-0.39, 0.29) is 0 Å². The zero-order valence-electron chi connectivity index (χ0n) is 13.1. The van der Waals surface area contributed by atoms with Crippen molar-refractivity contribution in [3.05, 3.63) is 35.9 Å². The molecule has 2 heteroatoms. The van der Waals surface area contributed by atoms with Gasteiger partial charge in [0.05, 0.1) is 10.8 Å². The fourth-order valence-corrected chi connectivity index (χ4v) is 3.90. The van der Waals surface area contributed by atoms with Crippen LogP contribution in [0.3, 0.4) is 0 Å². The highest BCUT2D eigenvalue weighted by atomic mass is 32.2. The first-order chi connectivity index (χ1) is 9.71. The third-order valence-electron chi connectivity index (χ3n) is 3.45. The molecule has 0 fully saturated rings. The lowest BCUT2D eigenvalue weighted by atomic mass is 10.0. The second-order valence-electron chi connectivity index (χ2n) is 5.34. The van der Waals surface area contributed by atoms with Crippen molar-refractivity contribution >= 4 is 16.9 Å². The van der Waals surface area contributed by atoms with E-state index in [0.717, 1.165) is 22.6 Å². The number of benzene rings is 1. The zero-order valence-corrected chi connectivity index (χ0v) is 13.9. The van der Waals surface area contributed by atoms with Gasteiger partial charge in [0, 0.05) is 10.6 Å². The molecule has 1 unspecified atom stereocenters. The molecule has 0 aromatic heterocycles. The van der Waals surface area contributed by atoms with Crippen LogP contribution in [0.15, 0.2) is 35.2 Å². The summed E-state index contributed by atoms with van der Waals surface area (Å²) in [5.41, 5.74) is 1.15. The van der Waals surface area contributed by atoms with Crippen LogP contribution in [-0.2, 0) is 10.8 Å². The topological polar surface area (TPSA) is 17.1 Å². The maximum atomic E-state index is 12.5. The van der Waals surface area contributed by atoms with Crippen molar-refractivity contribution in [2.45, 2.75) is 57.8 Å². The summed E-state index contributed by atoms with van der Waals surface area (Å²) in [7, 11) is -0.866. The Morgan fingerprint density at radius 1 is 1.15 bits per heavy atom.